The Morgan fingerprint density at radius 2 is 2.19 bits per heavy atom. The molecule has 4 heteroatoms. The Morgan fingerprint density at radius 3 is 2.75 bits per heavy atom. The van der Waals surface area contributed by atoms with Crippen LogP contribution in [0.2, 0.25) is 0 Å². The van der Waals surface area contributed by atoms with Crippen LogP contribution < -0.4 is 10.6 Å². The predicted octanol–water partition coefficient (Wildman–Crippen LogP) is 2.76. The van der Waals surface area contributed by atoms with Crippen molar-refractivity contribution in [3.05, 3.63) is 11.1 Å². The molecule has 0 aliphatic heterocycles. The minimum absolute atomic E-state index is 0.611. The zero-order chi connectivity index (χ0) is 11.4. The van der Waals surface area contributed by atoms with E-state index >= 15 is 0 Å². The van der Waals surface area contributed by atoms with Crippen LogP contribution in [0.1, 0.15) is 43.9 Å². The Hall–Kier alpha value is -0.610. The topological polar surface area (TPSA) is 42.2 Å². The maximum absolute atomic E-state index is 5.64. The van der Waals surface area contributed by atoms with Crippen molar-refractivity contribution in [2.24, 2.45) is 5.73 Å². The van der Waals surface area contributed by atoms with Crippen LogP contribution in [0.3, 0.4) is 0 Å². The van der Waals surface area contributed by atoms with E-state index in [1.165, 1.54) is 37.0 Å². The highest BCUT2D eigenvalue weighted by molar-refractivity contribution is 7.15. The second kappa shape index (κ2) is 5.64. The van der Waals surface area contributed by atoms with E-state index in [-0.39, 0.29) is 0 Å². The summed E-state index contributed by atoms with van der Waals surface area (Å²) in [4.78, 5) is 8.14. The van der Waals surface area contributed by atoms with Crippen LogP contribution in [0.25, 0.3) is 0 Å². The Labute approximate surface area is 102 Å². The summed E-state index contributed by atoms with van der Waals surface area (Å²) in [5.74, 6) is 0. The maximum Gasteiger partial charge on any atom is 0.185 e. The average Bonchev–Trinajstić information content (AvgIpc) is 2.80. The number of nitrogens with two attached hydrogens (primary N) is 1. The van der Waals surface area contributed by atoms with Crippen molar-refractivity contribution in [3.8, 4) is 0 Å². The van der Waals surface area contributed by atoms with Gasteiger partial charge in [-0.3, -0.25) is 0 Å². The van der Waals surface area contributed by atoms with Crippen LogP contribution >= 0.6 is 11.3 Å². The van der Waals surface area contributed by atoms with Gasteiger partial charge in [0.25, 0.3) is 0 Å². The van der Waals surface area contributed by atoms with Crippen molar-refractivity contribution in [1.29, 1.82) is 0 Å². The van der Waals surface area contributed by atoms with E-state index in [0.717, 1.165) is 11.7 Å². The highest BCUT2D eigenvalue weighted by Crippen LogP contribution is 2.29. The first-order valence-corrected chi connectivity index (χ1v) is 7.08. The molecule has 0 unspecified atom stereocenters. The van der Waals surface area contributed by atoms with Gasteiger partial charge in [0.05, 0.1) is 0 Å². The van der Waals surface area contributed by atoms with Crippen molar-refractivity contribution >= 4 is 16.5 Å². The molecule has 0 bridgehead atoms. The molecule has 2 N–H and O–H groups in total. The van der Waals surface area contributed by atoms with Gasteiger partial charge in [0.1, 0.15) is 0 Å². The Balaban J connectivity index is 2.08. The van der Waals surface area contributed by atoms with Crippen LogP contribution in [-0.4, -0.2) is 17.6 Å². The van der Waals surface area contributed by atoms with E-state index in [1.807, 2.05) is 6.20 Å². The van der Waals surface area contributed by atoms with Crippen molar-refractivity contribution in [3.63, 3.8) is 0 Å². The smallest absolute Gasteiger partial charge is 0.185 e. The number of anilines is 1. The lowest BCUT2D eigenvalue weighted by atomic mass is 9.94. The lowest BCUT2D eigenvalue weighted by Crippen LogP contribution is -2.36. The first-order chi connectivity index (χ1) is 7.85. The molecule has 1 aromatic heterocycles. The number of nitrogens with zero attached hydrogens (tertiary/aromatic N) is 2. The molecule has 2 rings (SSSR count). The van der Waals surface area contributed by atoms with Gasteiger partial charge in [-0.05, 0) is 19.8 Å². The van der Waals surface area contributed by atoms with Crippen molar-refractivity contribution in [1.82, 2.24) is 4.98 Å². The van der Waals surface area contributed by atoms with Crippen LogP contribution in [0.4, 0.5) is 5.13 Å². The summed E-state index contributed by atoms with van der Waals surface area (Å²) in [7, 11) is 0. The summed E-state index contributed by atoms with van der Waals surface area (Å²) in [6.45, 7) is 3.89. The minimum Gasteiger partial charge on any atom is -0.345 e. The van der Waals surface area contributed by atoms with E-state index in [1.54, 1.807) is 11.3 Å². The molecule has 0 radical (unpaired) electrons. The third-order valence-electron chi connectivity index (χ3n) is 3.34. The van der Waals surface area contributed by atoms with Crippen LogP contribution in [-0.2, 0) is 6.54 Å². The molecular formula is C12H21N3S. The molecule has 0 amide bonds. The normalized spacial score (nSPS) is 17.6. The molecule has 16 heavy (non-hydrogen) atoms. The van der Waals surface area contributed by atoms with Gasteiger partial charge in [0, 0.05) is 30.2 Å². The quantitative estimate of drug-likeness (QED) is 0.878. The Kier molecular flexibility index (Phi) is 4.18. The third-order valence-corrected chi connectivity index (χ3v) is 4.40. The molecule has 1 aliphatic carbocycles. The van der Waals surface area contributed by atoms with E-state index in [2.05, 4.69) is 16.8 Å². The molecule has 3 nitrogen and oxygen atoms in total. The number of thiazole rings is 1. The fourth-order valence-electron chi connectivity index (χ4n) is 2.47. The van der Waals surface area contributed by atoms with Crippen molar-refractivity contribution in [2.45, 2.75) is 51.6 Å². The first kappa shape index (κ1) is 11.9. The van der Waals surface area contributed by atoms with Gasteiger partial charge >= 0.3 is 0 Å². The summed E-state index contributed by atoms with van der Waals surface area (Å²) in [5.41, 5.74) is 5.64. The lowest BCUT2D eigenvalue weighted by molar-refractivity contribution is 0.418. The number of rotatable bonds is 4. The van der Waals surface area contributed by atoms with Gasteiger partial charge in [0.2, 0.25) is 0 Å². The fourth-order valence-corrected chi connectivity index (χ4v) is 3.39. The van der Waals surface area contributed by atoms with Gasteiger partial charge in [-0.25, -0.2) is 4.98 Å². The second-order valence-electron chi connectivity index (χ2n) is 4.39. The zero-order valence-corrected chi connectivity index (χ0v) is 10.8. The van der Waals surface area contributed by atoms with Gasteiger partial charge in [-0.2, -0.15) is 0 Å². The molecule has 1 aromatic rings. The highest BCUT2D eigenvalue weighted by Gasteiger charge is 2.22. The maximum atomic E-state index is 5.64. The number of hydrogen-bond acceptors (Lipinski definition) is 4. The number of hydrogen-bond donors (Lipinski definition) is 1. The Bertz CT molecular complexity index is 318. The molecule has 0 aromatic carbocycles. The van der Waals surface area contributed by atoms with Gasteiger partial charge < -0.3 is 10.6 Å². The summed E-state index contributed by atoms with van der Waals surface area (Å²) in [6, 6.07) is 0.704. The second-order valence-corrected chi connectivity index (χ2v) is 5.48. The summed E-state index contributed by atoms with van der Waals surface area (Å²) in [5, 5.41) is 1.16. The molecular weight excluding hydrogens is 218 g/mol. The lowest BCUT2D eigenvalue weighted by Gasteiger charge is -2.33. The molecule has 1 aliphatic rings. The molecule has 1 saturated carbocycles. The van der Waals surface area contributed by atoms with E-state index in [4.69, 9.17) is 5.73 Å². The molecule has 1 fully saturated rings. The molecule has 0 saturated heterocycles. The number of aromatic nitrogens is 1. The van der Waals surface area contributed by atoms with Gasteiger partial charge in [-0.15, -0.1) is 11.3 Å². The zero-order valence-electron chi connectivity index (χ0n) is 9.98. The van der Waals surface area contributed by atoms with Gasteiger partial charge in [-0.1, -0.05) is 19.3 Å². The monoisotopic (exact) mass is 239 g/mol. The van der Waals surface area contributed by atoms with Gasteiger partial charge in [0.15, 0.2) is 5.13 Å². The Morgan fingerprint density at radius 1 is 1.44 bits per heavy atom. The predicted molar refractivity (Wildman–Crippen MR) is 69.9 cm³/mol. The largest absolute Gasteiger partial charge is 0.345 e. The third kappa shape index (κ3) is 2.55. The molecule has 90 valence electrons. The first-order valence-electron chi connectivity index (χ1n) is 6.26. The molecule has 1 heterocycles. The van der Waals surface area contributed by atoms with Crippen molar-refractivity contribution < 1.29 is 0 Å². The van der Waals surface area contributed by atoms with Crippen LogP contribution in [0.5, 0.6) is 0 Å². The summed E-state index contributed by atoms with van der Waals surface area (Å²) in [6.07, 6.45) is 8.72. The van der Waals surface area contributed by atoms with E-state index in [0.29, 0.717) is 12.6 Å². The average molecular weight is 239 g/mol. The molecule has 0 atom stereocenters. The highest BCUT2D eigenvalue weighted by atomic mass is 32.1. The SMILES string of the molecule is CCN(c1ncc(CN)s1)C1CCCCC1. The summed E-state index contributed by atoms with van der Waals surface area (Å²) < 4.78 is 0. The standard InChI is InChI=1S/C12H21N3S/c1-2-15(10-6-4-3-5-7-10)12-14-9-11(8-13)16-12/h9-10H,2-8,13H2,1H3. The van der Waals surface area contributed by atoms with Crippen LogP contribution in [0, 0.1) is 0 Å². The van der Waals surface area contributed by atoms with Crippen LogP contribution in [0.15, 0.2) is 6.20 Å². The molecule has 0 spiro atoms. The fraction of sp³-hybridized carbons (Fsp3) is 0.750. The minimum atomic E-state index is 0.611. The van der Waals surface area contributed by atoms with E-state index < -0.39 is 0 Å². The summed E-state index contributed by atoms with van der Waals surface area (Å²) >= 11 is 1.75. The van der Waals surface area contributed by atoms with E-state index in [9.17, 15) is 0 Å². The van der Waals surface area contributed by atoms with Crippen molar-refractivity contribution in [2.75, 3.05) is 11.4 Å².